The molecule has 0 saturated heterocycles. The Balaban J connectivity index is 1.65. The third-order valence-corrected chi connectivity index (χ3v) is 4.86. The number of nitrogens with zero attached hydrogens (tertiary/aromatic N) is 1. The summed E-state index contributed by atoms with van der Waals surface area (Å²) in [4.78, 5) is 23.3. The number of carbonyl (C=O) groups is 2. The zero-order chi connectivity index (χ0) is 23.1. The lowest BCUT2D eigenvalue weighted by Gasteiger charge is -2.11. The van der Waals surface area contributed by atoms with E-state index in [1.165, 1.54) is 31.5 Å². The molecule has 0 atom stereocenters. The summed E-state index contributed by atoms with van der Waals surface area (Å²) >= 11 is 11.9. The van der Waals surface area contributed by atoms with Crippen LogP contribution in [0.5, 0.6) is 11.5 Å². The van der Waals surface area contributed by atoms with Crippen LogP contribution >= 0.6 is 23.2 Å². The van der Waals surface area contributed by atoms with Crippen molar-refractivity contribution in [2.24, 2.45) is 5.10 Å². The van der Waals surface area contributed by atoms with Crippen LogP contribution in [-0.4, -0.2) is 30.3 Å². The minimum absolute atomic E-state index is 0.169. The topological polar surface area (TPSA) is 97.2 Å². The molecule has 0 spiro atoms. The van der Waals surface area contributed by atoms with Gasteiger partial charge < -0.3 is 14.6 Å². The van der Waals surface area contributed by atoms with Gasteiger partial charge in [-0.05, 0) is 59.7 Å². The van der Waals surface area contributed by atoms with Crippen molar-refractivity contribution >= 4 is 41.3 Å². The Morgan fingerprint density at radius 1 is 1.06 bits per heavy atom. The molecule has 0 aliphatic carbocycles. The molecule has 164 valence electrons. The van der Waals surface area contributed by atoms with Crippen LogP contribution in [0.2, 0.25) is 10.0 Å². The number of hydrazone groups is 1. The number of hydrogen-bond donors (Lipinski definition) is 2. The van der Waals surface area contributed by atoms with Crippen molar-refractivity contribution < 1.29 is 24.2 Å². The normalized spacial score (nSPS) is 10.7. The van der Waals surface area contributed by atoms with Crippen molar-refractivity contribution in [1.82, 2.24) is 5.43 Å². The Kier molecular flexibility index (Phi) is 7.70. The highest BCUT2D eigenvalue weighted by atomic mass is 35.5. The highest BCUT2D eigenvalue weighted by Crippen LogP contribution is 2.28. The molecular weight excluding hydrogens is 455 g/mol. The first-order valence-corrected chi connectivity index (χ1v) is 10.0. The van der Waals surface area contributed by atoms with E-state index in [4.69, 9.17) is 37.8 Å². The summed E-state index contributed by atoms with van der Waals surface area (Å²) in [7, 11) is 1.50. The van der Waals surface area contributed by atoms with Gasteiger partial charge in [-0.2, -0.15) is 5.10 Å². The predicted octanol–water partition coefficient (Wildman–Crippen LogP) is 5.04. The van der Waals surface area contributed by atoms with E-state index in [9.17, 15) is 9.59 Å². The van der Waals surface area contributed by atoms with Crippen LogP contribution in [0.1, 0.15) is 31.8 Å². The van der Waals surface area contributed by atoms with Gasteiger partial charge in [0.05, 0.1) is 29.5 Å². The van der Waals surface area contributed by atoms with Crippen LogP contribution in [0, 0.1) is 0 Å². The second-order valence-corrected chi connectivity index (χ2v) is 7.37. The average Bonchev–Trinajstić information content (AvgIpc) is 2.78. The van der Waals surface area contributed by atoms with E-state index in [1.807, 2.05) is 0 Å². The Bertz CT molecular complexity index is 1180. The largest absolute Gasteiger partial charge is 0.493 e. The molecule has 0 saturated carbocycles. The lowest BCUT2D eigenvalue weighted by Crippen LogP contribution is -2.18. The maximum absolute atomic E-state index is 12.2. The first-order valence-electron chi connectivity index (χ1n) is 9.29. The molecule has 2 N–H and O–H groups in total. The molecule has 0 radical (unpaired) electrons. The van der Waals surface area contributed by atoms with E-state index in [-0.39, 0.29) is 22.8 Å². The van der Waals surface area contributed by atoms with Gasteiger partial charge in [0, 0.05) is 5.02 Å². The molecule has 0 aliphatic heterocycles. The van der Waals surface area contributed by atoms with Gasteiger partial charge >= 0.3 is 5.97 Å². The summed E-state index contributed by atoms with van der Waals surface area (Å²) in [5.74, 6) is -0.547. The fourth-order valence-corrected chi connectivity index (χ4v) is 3.23. The van der Waals surface area contributed by atoms with E-state index in [0.717, 1.165) is 0 Å². The van der Waals surface area contributed by atoms with Gasteiger partial charge in [-0.3, -0.25) is 4.79 Å². The molecule has 9 heteroatoms. The van der Waals surface area contributed by atoms with Gasteiger partial charge in [0.15, 0.2) is 11.5 Å². The molecule has 0 bridgehead atoms. The molecule has 0 fully saturated rings. The molecular formula is C23H18Cl2N2O5. The van der Waals surface area contributed by atoms with Crippen LogP contribution < -0.4 is 14.9 Å². The SMILES string of the molecule is COc1cc(C=NNC(=O)c2ccc(Cl)cc2Cl)ccc1OCc1cccc(C(=O)O)c1. The van der Waals surface area contributed by atoms with Crippen LogP contribution in [0.3, 0.4) is 0 Å². The first kappa shape index (κ1) is 23.1. The number of rotatable bonds is 8. The molecule has 32 heavy (non-hydrogen) atoms. The predicted molar refractivity (Wildman–Crippen MR) is 122 cm³/mol. The van der Waals surface area contributed by atoms with Crippen LogP contribution in [0.4, 0.5) is 0 Å². The molecule has 0 heterocycles. The van der Waals surface area contributed by atoms with Gasteiger partial charge in [-0.25, -0.2) is 10.2 Å². The van der Waals surface area contributed by atoms with Gasteiger partial charge in [0.1, 0.15) is 6.61 Å². The molecule has 3 aromatic carbocycles. The maximum Gasteiger partial charge on any atom is 0.335 e. The van der Waals surface area contributed by atoms with E-state index in [0.29, 0.717) is 27.6 Å². The molecule has 0 aliphatic rings. The average molecular weight is 473 g/mol. The fourth-order valence-electron chi connectivity index (χ4n) is 2.74. The molecule has 3 rings (SSSR count). The molecule has 1 amide bonds. The number of ether oxygens (including phenoxy) is 2. The van der Waals surface area contributed by atoms with Crippen LogP contribution in [-0.2, 0) is 6.61 Å². The molecule has 3 aromatic rings. The highest BCUT2D eigenvalue weighted by molar-refractivity contribution is 6.36. The summed E-state index contributed by atoms with van der Waals surface area (Å²) in [5.41, 5.74) is 4.21. The number of benzene rings is 3. The van der Waals surface area contributed by atoms with E-state index < -0.39 is 11.9 Å². The van der Waals surface area contributed by atoms with Crippen LogP contribution in [0.25, 0.3) is 0 Å². The minimum Gasteiger partial charge on any atom is -0.493 e. The van der Waals surface area contributed by atoms with E-state index >= 15 is 0 Å². The van der Waals surface area contributed by atoms with Gasteiger partial charge in [0.2, 0.25) is 0 Å². The number of amides is 1. The number of nitrogens with one attached hydrogen (secondary N) is 1. The second-order valence-electron chi connectivity index (χ2n) is 6.53. The summed E-state index contributed by atoms with van der Waals surface area (Å²) in [6.45, 7) is 0.169. The number of hydrogen-bond acceptors (Lipinski definition) is 5. The number of carbonyl (C=O) groups excluding carboxylic acids is 1. The van der Waals surface area contributed by atoms with Crippen LogP contribution in [0.15, 0.2) is 65.8 Å². The summed E-state index contributed by atoms with van der Waals surface area (Å²) in [6, 6.07) is 16.2. The van der Waals surface area contributed by atoms with Crippen molar-refractivity contribution in [3.63, 3.8) is 0 Å². The highest BCUT2D eigenvalue weighted by Gasteiger charge is 2.10. The van der Waals surface area contributed by atoms with Crippen molar-refractivity contribution in [3.8, 4) is 11.5 Å². The Morgan fingerprint density at radius 2 is 1.88 bits per heavy atom. The first-order chi connectivity index (χ1) is 15.4. The lowest BCUT2D eigenvalue weighted by molar-refractivity contribution is 0.0696. The lowest BCUT2D eigenvalue weighted by atomic mass is 10.1. The number of carboxylic acid groups (broad SMARTS) is 1. The Morgan fingerprint density at radius 3 is 2.59 bits per heavy atom. The van der Waals surface area contributed by atoms with Gasteiger partial charge in [-0.1, -0.05) is 35.3 Å². The van der Waals surface area contributed by atoms with Crippen molar-refractivity contribution in [1.29, 1.82) is 0 Å². The summed E-state index contributed by atoms with van der Waals surface area (Å²) in [6.07, 6.45) is 1.45. The number of halogens is 2. The molecule has 0 aromatic heterocycles. The molecule has 7 nitrogen and oxygen atoms in total. The zero-order valence-electron chi connectivity index (χ0n) is 16.8. The van der Waals surface area contributed by atoms with Gasteiger partial charge in [0.25, 0.3) is 5.91 Å². The maximum atomic E-state index is 12.2. The van der Waals surface area contributed by atoms with Crippen molar-refractivity contribution in [2.75, 3.05) is 7.11 Å². The quantitative estimate of drug-likeness (QED) is 0.353. The van der Waals surface area contributed by atoms with Crippen molar-refractivity contribution in [2.45, 2.75) is 6.61 Å². The van der Waals surface area contributed by atoms with Gasteiger partial charge in [-0.15, -0.1) is 0 Å². The number of aromatic carboxylic acids is 1. The number of carboxylic acids is 1. The summed E-state index contributed by atoms with van der Waals surface area (Å²) < 4.78 is 11.1. The zero-order valence-corrected chi connectivity index (χ0v) is 18.4. The third kappa shape index (κ3) is 6.00. The van der Waals surface area contributed by atoms with E-state index in [2.05, 4.69) is 10.5 Å². The second kappa shape index (κ2) is 10.7. The van der Waals surface area contributed by atoms with E-state index in [1.54, 1.807) is 42.5 Å². The van der Waals surface area contributed by atoms with Crippen molar-refractivity contribution in [3.05, 3.63) is 93.0 Å². The standard InChI is InChI=1S/C23H18Cl2N2O5/c1-31-21-10-14(12-26-27-22(28)18-7-6-17(24)11-19(18)25)5-8-20(21)32-13-15-3-2-4-16(9-15)23(29)30/h2-12H,13H2,1H3,(H,27,28)(H,29,30). The molecule has 0 unspecified atom stereocenters. The Hall–Kier alpha value is -3.55. The monoisotopic (exact) mass is 472 g/mol. The Labute approximate surface area is 194 Å². The fraction of sp³-hybridized carbons (Fsp3) is 0.0870. The summed E-state index contributed by atoms with van der Waals surface area (Å²) in [5, 5.41) is 13.7. The third-order valence-electron chi connectivity index (χ3n) is 4.31. The minimum atomic E-state index is -1.00. The number of methoxy groups -OCH3 is 1. The smallest absolute Gasteiger partial charge is 0.335 e.